The van der Waals surface area contributed by atoms with Crippen molar-refractivity contribution in [3.63, 3.8) is 0 Å². The van der Waals surface area contributed by atoms with Crippen molar-refractivity contribution in [3.05, 3.63) is 53.6 Å². The summed E-state index contributed by atoms with van der Waals surface area (Å²) in [5.41, 5.74) is 2.18. The Morgan fingerprint density at radius 2 is 1.73 bits per heavy atom. The maximum Gasteiger partial charge on any atom is 0.244 e. The zero-order chi connectivity index (χ0) is 27.0. The third-order valence-corrected chi connectivity index (χ3v) is 8.07. The number of ether oxygens (including phenoxy) is 2. The van der Waals surface area contributed by atoms with Crippen molar-refractivity contribution >= 4 is 27.5 Å². The Labute approximate surface area is 219 Å². The van der Waals surface area contributed by atoms with E-state index in [0.717, 1.165) is 21.9 Å². The highest BCUT2D eigenvalue weighted by Crippen LogP contribution is 2.35. The summed E-state index contributed by atoms with van der Waals surface area (Å²) in [6.07, 6.45) is 1.15. The van der Waals surface area contributed by atoms with Gasteiger partial charge in [0.1, 0.15) is 25.8 Å². The molecule has 37 heavy (non-hydrogen) atoms. The molecule has 1 N–H and O–H groups in total. The lowest BCUT2D eigenvalue weighted by Crippen LogP contribution is -2.52. The molecular weight excluding hydrogens is 494 g/mol. The number of nitrogens with one attached hydrogen (secondary N) is 1. The third kappa shape index (κ3) is 6.94. The van der Waals surface area contributed by atoms with E-state index in [9.17, 15) is 18.0 Å². The zero-order valence-electron chi connectivity index (χ0n) is 22.0. The third-order valence-electron chi connectivity index (χ3n) is 6.33. The van der Waals surface area contributed by atoms with E-state index in [1.807, 2.05) is 45.0 Å². The van der Waals surface area contributed by atoms with Gasteiger partial charge in [0, 0.05) is 19.2 Å². The van der Waals surface area contributed by atoms with Gasteiger partial charge in [-0.3, -0.25) is 13.9 Å². The van der Waals surface area contributed by atoms with Crippen LogP contribution in [0.5, 0.6) is 11.5 Å². The van der Waals surface area contributed by atoms with Gasteiger partial charge in [-0.1, -0.05) is 38.1 Å². The predicted molar refractivity (Wildman–Crippen MR) is 143 cm³/mol. The number of hydrogen-bond acceptors (Lipinski definition) is 6. The molecule has 0 aliphatic carbocycles. The van der Waals surface area contributed by atoms with Gasteiger partial charge in [-0.25, -0.2) is 8.42 Å². The monoisotopic (exact) mass is 531 g/mol. The van der Waals surface area contributed by atoms with E-state index < -0.39 is 28.5 Å². The van der Waals surface area contributed by atoms with Crippen LogP contribution in [0.3, 0.4) is 0 Å². The Balaban J connectivity index is 1.98. The van der Waals surface area contributed by atoms with Crippen molar-refractivity contribution in [2.45, 2.75) is 53.1 Å². The SMILES string of the molecule is CCCNC(=O)[C@@H](CC)N(Cc1ccccc1C)C(=O)CN(c1ccc2c(c1)OCCO2)S(=O)(=O)CC. The van der Waals surface area contributed by atoms with E-state index in [0.29, 0.717) is 43.4 Å². The minimum absolute atomic E-state index is 0.185. The summed E-state index contributed by atoms with van der Waals surface area (Å²) in [4.78, 5) is 28.4. The van der Waals surface area contributed by atoms with Crippen LogP contribution in [0.1, 0.15) is 44.7 Å². The van der Waals surface area contributed by atoms with Crippen molar-refractivity contribution in [2.75, 3.05) is 36.4 Å². The van der Waals surface area contributed by atoms with Gasteiger partial charge >= 0.3 is 0 Å². The van der Waals surface area contributed by atoms with Gasteiger partial charge in [-0.15, -0.1) is 0 Å². The number of aryl methyl sites for hydroxylation is 1. The molecule has 0 radical (unpaired) electrons. The number of hydrogen-bond donors (Lipinski definition) is 1. The van der Waals surface area contributed by atoms with Gasteiger partial charge in [-0.2, -0.15) is 0 Å². The summed E-state index contributed by atoms with van der Waals surface area (Å²) in [6.45, 7) is 8.27. The molecule has 3 rings (SSSR count). The largest absolute Gasteiger partial charge is 0.486 e. The van der Waals surface area contributed by atoms with Gasteiger partial charge < -0.3 is 19.7 Å². The van der Waals surface area contributed by atoms with E-state index in [2.05, 4.69) is 5.32 Å². The molecule has 0 unspecified atom stereocenters. The number of sulfonamides is 1. The number of rotatable bonds is 12. The molecule has 0 fully saturated rings. The molecule has 202 valence electrons. The first-order valence-corrected chi connectivity index (χ1v) is 14.3. The van der Waals surface area contributed by atoms with Crippen LogP contribution >= 0.6 is 0 Å². The van der Waals surface area contributed by atoms with Gasteiger partial charge in [0.25, 0.3) is 0 Å². The van der Waals surface area contributed by atoms with Crippen LogP contribution in [0.25, 0.3) is 0 Å². The average Bonchev–Trinajstić information content (AvgIpc) is 2.90. The highest BCUT2D eigenvalue weighted by Gasteiger charge is 2.33. The molecule has 2 aromatic carbocycles. The van der Waals surface area contributed by atoms with E-state index in [1.54, 1.807) is 18.2 Å². The van der Waals surface area contributed by atoms with Gasteiger partial charge in [0.2, 0.25) is 21.8 Å². The molecule has 2 aromatic rings. The highest BCUT2D eigenvalue weighted by molar-refractivity contribution is 7.92. The van der Waals surface area contributed by atoms with Crippen LogP contribution in [-0.4, -0.2) is 63.2 Å². The van der Waals surface area contributed by atoms with Crippen LogP contribution in [0.2, 0.25) is 0 Å². The van der Waals surface area contributed by atoms with Crippen LogP contribution < -0.4 is 19.1 Å². The summed E-state index contributed by atoms with van der Waals surface area (Å²) in [5, 5.41) is 2.88. The molecule has 1 aliphatic rings. The molecule has 10 heteroatoms. The maximum absolute atomic E-state index is 13.9. The Bertz CT molecular complexity index is 1200. The summed E-state index contributed by atoms with van der Waals surface area (Å²) in [5.74, 6) is 0.0366. The van der Waals surface area contributed by atoms with Crippen LogP contribution in [0.4, 0.5) is 5.69 Å². The molecule has 0 saturated heterocycles. The van der Waals surface area contributed by atoms with Crippen molar-refractivity contribution in [2.24, 2.45) is 0 Å². The van der Waals surface area contributed by atoms with Crippen LogP contribution in [0.15, 0.2) is 42.5 Å². The first-order chi connectivity index (χ1) is 17.7. The smallest absolute Gasteiger partial charge is 0.244 e. The molecule has 1 atom stereocenters. The number of carbonyl (C=O) groups is 2. The molecular formula is C27H37N3O6S. The minimum Gasteiger partial charge on any atom is -0.486 e. The molecule has 2 amide bonds. The number of carbonyl (C=O) groups excluding carboxylic acids is 2. The van der Waals surface area contributed by atoms with Crippen molar-refractivity contribution in [3.8, 4) is 11.5 Å². The van der Waals surface area contributed by atoms with Gasteiger partial charge in [-0.05, 0) is 49.9 Å². The molecule has 0 saturated carbocycles. The molecule has 0 bridgehead atoms. The molecule has 0 aromatic heterocycles. The summed E-state index contributed by atoms with van der Waals surface area (Å²) in [6, 6.07) is 11.7. The average molecular weight is 532 g/mol. The van der Waals surface area contributed by atoms with E-state index in [-0.39, 0.29) is 18.2 Å². The summed E-state index contributed by atoms with van der Waals surface area (Å²) < 4.78 is 38.6. The standard InChI is InChI=1S/C27H37N3O6S/c1-5-14-28-27(32)23(6-2)29(18-21-11-9-8-10-20(21)4)26(31)19-30(37(33,34)7-3)22-12-13-24-25(17-22)36-16-15-35-24/h8-13,17,23H,5-7,14-16,18-19H2,1-4H3,(H,28,32)/t23-/m1/s1. The van der Waals surface area contributed by atoms with E-state index in [4.69, 9.17) is 9.47 Å². The van der Waals surface area contributed by atoms with Crippen molar-refractivity contribution in [1.29, 1.82) is 0 Å². The summed E-state index contributed by atoms with van der Waals surface area (Å²) in [7, 11) is -3.83. The fraction of sp³-hybridized carbons (Fsp3) is 0.481. The number of anilines is 1. The lowest BCUT2D eigenvalue weighted by molar-refractivity contribution is -0.140. The van der Waals surface area contributed by atoms with Gasteiger partial charge in [0.05, 0.1) is 11.4 Å². The molecule has 9 nitrogen and oxygen atoms in total. The molecule has 1 heterocycles. The minimum atomic E-state index is -3.83. The molecule has 0 spiro atoms. The first kappa shape index (κ1) is 28.3. The maximum atomic E-state index is 13.9. The van der Waals surface area contributed by atoms with Crippen LogP contribution in [0, 0.1) is 6.92 Å². The Morgan fingerprint density at radius 3 is 2.38 bits per heavy atom. The predicted octanol–water partition coefficient (Wildman–Crippen LogP) is 3.26. The van der Waals surface area contributed by atoms with Crippen molar-refractivity contribution in [1.82, 2.24) is 10.2 Å². The zero-order valence-corrected chi connectivity index (χ0v) is 22.8. The fourth-order valence-corrected chi connectivity index (χ4v) is 5.22. The number of benzene rings is 2. The van der Waals surface area contributed by atoms with Gasteiger partial charge in [0.15, 0.2) is 11.5 Å². The quantitative estimate of drug-likeness (QED) is 0.451. The Kier molecular flexibility index (Phi) is 9.79. The molecule has 1 aliphatic heterocycles. The second-order valence-electron chi connectivity index (χ2n) is 8.90. The second-order valence-corrected chi connectivity index (χ2v) is 11.1. The van der Waals surface area contributed by atoms with Crippen LogP contribution in [-0.2, 0) is 26.2 Å². The number of fused-ring (bicyclic) bond motifs is 1. The number of nitrogens with zero attached hydrogens (tertiary/aromatic N) is 2. The van der Waals surface area contributed by atoms with Crippen molar-refractivity contribution < 1.29 is 27.5 Å². The van der Waals surface area contributed by atoms with E-state index >= 15 is 0 Å². The highest BCUT2D eigenvalue weighted by atomic mass is 32.2. The Morgan fingerprint density at radius 1 is 1.03 bits per heavy atom. The summed E-state index contributed by atoms with van der Waals surface area (Å²) >= 11 is 0. The second kappa shape index (κ2) is 12.8. The first-order valence-electron chi connectivity index (χ1n) is 12.7. The van der Waals surface area contributed by atoms with E-state index in [1.165, 1.54) is 11.8 Å². The fourth-order valence-electron chi connectivity index (χ4n) is 4.16. The lowest BCUT2D eigenvalue weighted by atomic mass is 10.1. The number of amides is 2. The normalized spacial score (nSPS) is 13.5. The topological polar surface area (TPSA) is 105 Å². The Hall–Kier alpha value is -3.27. The lowest BCUT2D eigenvalue weighted by Gasteiger charge is -2.33.